The lowest BCUT2D eigenvalue weighted by Crippen LogP contribution is -2.35. The summed E-state index contributed by atoms with van der Waals surface area (Å²) < 4.78 is 1.36. The molecule has 2 atom stereocenters. The smallest absolute Gasteiger partial charge is 0.0353 e. The zero-order valence-electron chi connectivity index (χ0n) is 11.7. The minimum atomic E-state index is 0.664. The van der Waals surface area contributed by atoms with Crippen LogP contribution in [0.1, 0.15) is 45.1 Å². The molecule has 100 valence electrons. The Morgan fingerprint density at radius 2 is 1.94 bits per heavy atom. The van der Waals surface area contributed by atoms with E-state index in [0.29, 0.717) is 6.04 Å². The van der Waals surface area contributed by atoms with Crippen molar-refractivity contribution >= 4 is 28.3 Å². The van der Waals surface area contributed by atoms with Gasteiger partial charge in [-0.1, -0.05) is 32.8 Å². The van der Waals surface area contributed by atoms with Crippen LogP contribution in [0.25, 0.3) is 0 Å². The standard InChI is InChI=1S/C16H24IN/c1-11(2)14-6-4-5-7-16(14)18-13-9-8-12(3)15(17)10-13/h8-11,14,16,18H,4-7H2,1-3H3. The molecule has 0 radical (unpaired) electrons. The van der Waals surface area contributed by atoms with Crippen molar-refractivity contribution < 1.29 is 0 Å². The second-order valence-electron chi connectivity index (χ2n) is 5.91. The van der Waals surface area contributed by atoms with Crippen LogP contribution < -0.4 is 5.32 Å². The van der Waals surface area contributed by atoms with Crippen molar-refractivity contribution in [2.24, 2.45) is 11.8 Å². The predicted octanol–water partition coefficient (Wildman–Crippen LogP) is 5.23. The fourth-order valence-electron chi connectivity index (χ4n) is 3.03. The van der Waals surface area contributed by atoms with Crippen LogP contribution in [0.3, 0.4) is 0 Å². The first kappa shape index (κ1) is 14.2. The lowest BCUT2D eigenvalue weighted by atomic mass is 9.78. The van der Waals surface area contributed by atoms with Gasteiger partial charge in [0.2, 0.25) is 0 Å². The van der Waals surface area contributed by atoms with Gasteiger partial charge >= 0.3 is 0 Å². The van der Waals surface area contributed by atoms with E-state index >= 15 is 0 Å². The molecule has 2 unspecified atom stereocenters. The van der Waals surface area contributed by atoms with E-state index in [1.165, 1.54) is 40.5 Å². The highest BCUT2D eigenvalue weighted by Crippen LogP contribution is 2.32. The van der Waals surface area contributed by atoms with Gasteiger partial charge in [-0.15, -0.1) is 0 Å². The highest BCUT2D eigenvalue weighted by molar-refractivity contribution is 14.1. The van der Waals surface area contributed by atoms with Gasteiger partial charge in [-0.05, 0) is 71.9 Å². The summed E-state index contributed by atoms with van der Waals surface area (Å²) in [5, 5.41) is 3.78. The summed E-state index contributed by atoms with van der Waals surface area (Å²) in [6.07, 6.45) is 5.50. The van der Waals surface area contributed by atoms with Crippen molar-refractivity contribution in [1.29, 1.82) is 0 Å². The number of halogens is 1. The Morgan fingerprint density at radius 3 is 2.61 bits per heavy atom. The van der Waals surface area contributed by atoms with Gasteiger partial charge in [-0.25, -0.2) is 0 Å². The van der Waals surface area contributed by atoms with Crippen LogP contribution in [0.15, 0.2) is 18.2 Å². The molecule has 0 heterocycles. The zero-order valence-corrected chi connectivity index (χ0v) is 13.8. The number of nitrogens with one attached hydrogen (secondary N) is 1. The summed E-state index contributed by atoms with van der Waals surface area (Å²) in [6, 6.07) is 7.39. The normalized spacial score (nSPS) is 24.3. The van der Waals surface area contributed by atoms with Crippen LogP contribution >= 0.6 is 22.6 Å². The molecule has 1 N–H and O–H groups in total. The number of hydrogen-bond donors (Lipinski definition) is 1. The first-order valence-corrected chi connectivity index (χ1v) is 8.18. The van der Waals surface area contributed by atoms with Crippen LogP contribution in [-0.4, -0.2) is 6.04 Å². The second kappa shape index (κ2) is 6.27. The van der Waals surface area contributed by atoms with Gasteiger partial charge in [0.05, 0.1) is 0 Å². The quantitative estimate of drug-likeness (QED) is 0.731. The average molecular weight is 357 g/mol. The van der Waals surface area contributed by atoms with Crippen LogP contribution in [-0.2, 0) is 0 Å². The number of rotatable bonds is 3. The monoisotopic (exact) mass is 357 g/mol. The van der Waals surface area contributed by atoms with E-state index in [2.05, 4.69) is 66.9 Å². The van der Waals surface area contributed by atoms with Gasteiger partial charge in [0, 0.05) is 15.3 Å². The van der Waals surface area contributed by atoms with Crippen LogP contribution in [0.5, 0.6) is 0 Å². The first-order valence-electron chi connectivity index (χ1n) is 7.10. The SMILES string of the molecule is Cc1ccc(NC2CCCCC2C(C)C)cc1I. The Morgan fingerprint density at radius 1 is 1.22 bits per heavy atom. The molecule has 1 fully saturated rings. The maximum Gasteiger partial charge on any atom is 0.0353 e. The molecule has 0 saturated heterocycles. The minimum Gasteiger partial charge on any atom is -0.382 e. The van der Waals surface area contributed by atoms with Crippen molar-refractivity contribution in [1.82, 2.24) is 0 Å². The topological polar surface area (TPSA) is 12.0 Å². The summed E-state index contributed by atoms with van der Waals surface area (Å²) in [6.45, 7) is 6.90. The van der Waals surface area contributed by atoms with E-state index in [4.69, 9.17) is 0 Å². The van der Waals surface area contributed by atoms with Gasteiger partial charge in [0.15, 0.2) is 0 Å². The van der Waals surface area contributed by atoms with Crippen molar-refractivity contribution in [3.8, 4) is 0 Å². The van der Waals surface area contributed by atoms with Gasteiger partial charge in [0.25, 0.3) is 0 Å². The molecule has 0 aromatic heterocycles. The average Bonchev–Trinajstić information content (AvgIpc) is 2.34. The Bertz CT molecular complexity index is 400. The third-order valence-corrected chi connectivity index (χ3v) is 5.36. The van der Waals surface area contributed by atoms with E-state index < -0.39 is 0 Å². The molecule has 1 aromatic rings. The maximum atomic E-state index is 3.78. The van der Waals surface area contributed by atoms with E-state index in [-0.39, 0.29) is 0 Å². The first-order chi connectivity index (χ1) is 8.58. The second-order valence-corrected chi connectivity index (χ2v) is 7.07. The largest absolute Gasteiger partial charge is 0.382 e. The Balaban J connectivity index is 2.08. The lowest BCUT2D eigenvalue weighted by molar-refractivity contribution is 0.254. The molecule has 1 nitrogen and oxygen atoms in total. The summed E-state index contributed by atoms with van der Waals surface area (Å²) in [5.74, 6) is 1.62. The maximum absolute atomic E-state index is 3.78. The molecule has 1 aliphatic rings. The molecule has 2 heteroatoms. The molecule has 0 bridgehead atoms. The summed E-state index contributed by atoms with van der Waals surface area (Å²) in [5.41, 5.74) is 2.66. The van der Waals surface area contributed by atoms with Gasteiger partial charge in [-0.3, -0.25) is 0 Å². The van der Waals surface area contributed by atoms with E-state index in [1.54, 1.807) is 0 Å². The highest BCUT2D eigenvalue weighted by atomic mass is 127. The van der Waals surface area contributed by atoms with E-state index in [0.717, 1.165) is 11.8 Å². The Labute approximate surface area is 125 Å². The number of anilines is 1. The molecule has 0 amide bonds. The van der Waals surface area contributed by atoms with E-state index in [9.17, 15) is 0 Å². The van der Waals surface area contributed by atoms with Gasteiger partial charge in [0.1, 0.15) is 0 Å². The van der Waals surface area contributed by atoms with Crippen molar-refractivity contribution in [3.63, 3.8) is 0 Å². The van der Waals surface area contributed by atoms with Crippen LogP contribution in [0.4, 0.5) is 5.69 Å². The van der Waals surface area contributed by atoms with Crippen molar-refractivity contribution in [2.75, 3.05) is 5.32 Å². The fraction of sp³-hybridized carbons (Fsp3) is 0.625. The third kappa shape index (κ3) is 3.40. The highest BCUT2D eigenvalue weighted by Gasteiger charge is 2.27. The lowest BCUT2D eigenvalue weighted by Gasteiger charge is -2.35. The molecule has 1 saturated carbocycles. The van der Waals surface area contributed by atoms with Crippen LogP contribution in [0, 0.1) is 22.3 Å². The predicted molar refractivity (Wildman–Crippen MR) is 88.1 cm³/mol. The third-order valence-electron chi connectivity index (χ3n) is 4.20. The van der Waals surface area contributed by atoms with E-state index in [1.807, 2.05) is 0 Å². The van der Waals surface area contributed by atoms with Crippen LogP contribution in [0.2, 0.25) is 0 Å². The number of benzene rings is 1. The molecule has 0 spiro atoms. The van der Waals surface area contributed by atoms with Crippen molar-refractivity contribution in [2.45, 2.75) is 52.5 Å². The molecule has 18 heavy (non-hydrogen) atoms. The summed E-state index contributed by atoms with van der Waals surface area (Å²) in [4.78, 5) is 0. The fourth-order valence-corrected chi connectivity index (χ4v) is 3.55. The summed E-state index contributed by atoms with van der Waals surface area (Å²) >= 11 is 2.42. The summed E-state index contributed by atoms with van der Waals surface area (Å²) in [7, 11) is 0. The Kier molecular flexibility index (Phi) is 4.93. The zero-order chi connectivity index (χ0) is 13.1. The molecular weight excluding hydrogens is 333 g/mol. The van der Waals surface area contributed by atoms with Gasteiger partial charge in [-0.2, -0.15) is 0 Å². The number of aryl methyl sites for hydroxylation is 1. The molecule has 0 aliphatic heterocycles. The Hall–Kier alpha value is -0.250. The number of hydrogen-bond acceptors (Lipinski definition) is 1. The molecule has 1 aromatic carbocycles. The molecular formula is C16H24IN. The molecule has 2 rings (SSSR count). The van der Waals surface area contributed by atoms with Gasteiger partial charge < -0.3 is 5.32 Å². The molecule has 1 aliphatic carbocycles. The minimum absolute atomic E-state index is 0.664. The van der Waals surface area contributed by atoms with Crippen molar-refractivity contribution in [3.05, 3.63) is 27.3 Å².